The second kappa shape index (κ2) is 7.05. The molecular weight excluding hydrogens is 292 g/mol. The minimum absolute atomic E-state index is 0.400. The first-order valence-corrected chi connectivity index (χ1v) is 7.35. The van der Waals surface area contributed by atoms with Gasteiger partial charge in [0.05, 0.1) is 0 Å². The summed E-state index contributed by atoms with van der Waals surface area (Å²) in [4.78, 5) is 26.3. The van der Waals surface area contributed by atoms with E-state index in [1.165, 1.54) is 0 Å². The Morgan fingerprint density at radius 1 is 1.13 bits per heavy atom. The summed E-state index contributed by atoms with van der Waals surface area (Å²) in [6.07, 6.45) is 1.95. The van der Waals surface area contributed by atoms with Gasteiger partial charge in [-0.1, -0.05) is 30.3 Å². The SMILES string of the molecule is CC(C)(C)OC(=O)NCc1ccc(-c2ccc(C=O)nc2)cc1. The van der Waals surface area contributed by atoms with Crippen molar-refractivity contribution in [3.8, 4) is 11.1 Å². The molecule has 120 valence electrons. The molecule has 2 aromatic rings. The molecule has 0 spiro atoms. The molecule has 0 unspecified atom stereocenters. The summed E-state index contributed by atoms with van der Waals surface area (Å²) in [5.74, 6) is 0. The quantitative estimate of drug-likeness (QED) is 0.876. The summed E-state index contributed by atoms with van der Waals surface area (Å²) in [7, 11) is 0. The van der Waals surface area contributed by atoms with Gasteiger partial charge in [0.25, 0.3) is 0 Å². The maximum atomic E-state index is 11.6. The Labute approximate surface area is 135 Å². The molecule has 1 aromatic carbocycles. The Bertz CT molecular complexity index is 671. The van der Waals surface area contributed by atoms with Crippen LogP contribution in [-0.2, 0) is 11.3 Å². The van der Waals surface area contributed by atoms with Crippen molar-refractivity contribution in [2.45, 2.75) is 32.9 Å². The Hall–Kier alpha value is -2.69. The van der Waals surface area contributed by atoms with Gasteiger partial charge >= 0.3 is 6.09 Å². The number of ether oxygens (including phenoxy) is 1. The second-order valence-corrected chi connectivity index (χ2v) is 6.14. The van der Waals surface area contributed by atoms with Crippen molar-refractivity contribution in [1.29, 1.82) is 0 Å². The van der Waals surface area contributed by atoms with Crippen LogP contribution >= 0.6 is 0 Å². The van der Waals surface area contributed by atoms with Gasteiger partial charge in [0.15, 0.2) is 6.29 Å². The number of pyridine rings is 1. The van der Waals surface area contributed by atoms with E-state index in [2.05, 4.69) is 10.3 Å². The Morgan fingerprint density at radius 2 is 1.78 bits per heavy atom. The number of rotatable bonds is 4. The number of nitrogens with zero attached hydrogens (tertiary/aromatic N) is 1. The fourth-order valence-corrected chi connectivity index (χ4v) is 1.95. The Balaban J connectivity index is 1.96. The third kappa shape index (κ3) is 5.21. The van der Waals surface area contributed by atoms with Crippen molar-refractivity contribution in [1.82, 2.24) is 10.3 Å². The van der Waals surface area contributed by atoms with Crippen LogP contribution in [0.15, 0.2) is 42.6 Å². The number of aromatic nitrogens is 1. The zero-order chi connectivity index (χ0) is 16.9. The molecule has 0 aliphatic rings. The van der Waals surface area contributed by atoms with Gasteiger partial charge in [0.1, 0.15) is 11.3 Å². The maximum Gasteiger partial charge on any atom is 0.407 e. The Kier molecular flexibility index (Phi) is 5.11. The van der Waals surface area contributed by atoms with E-state index in [4.69, 9.17) is 4.74 Å². The largest absolute Gasteiger partial charge is 0.444 e. The molecule has 0 saturated heterocycles. The van der Waals surface area contributed by atoms with Gasteiger partial charge in [-0.05, 0) is 38.0 Å². The Morgan fingerprint density at radius 3 is 2.30 bits per heavy atom. The van der Waals surface area contributed by atoms with E-state index < -0.39 is 11.7 Å². The lowest BCUT2D eigenvalue weighted by Crippen LogP contribution is -2.32. The van der Waals surface area contributed by atoms with Crippen LogP contribution in [-0.4, -0.2) is 23.0 Å². The number of alkyl carbamates (subject to hydrolysis) is 1. The maximum absolute atomic E-state index is 11.6. The number of aldehydes is 1. The fraction of sp³-hybridized carbons (Fsp3) is 0.278. The second-order valence-electron chi connectivity index (χ2n) is 6.14. The number of amides is 1. The molecule has 1 aromatic heterocycles. The van der Waals surface area contributed by atoms with E-state index in [0.717, 1.165) is 23.0 Å². The fourth-order valence-electron chi connectivity index (χ4n) is 1.95. The van der Waals surface area contributed by atoms with Gasteiger partial charge < -0.3 is 10.1 Å². The molecule has 1 heterocycles. The highest BCUT2D eigenvalue weighted by atomic mass is 16.6. The third-order valence-electron chi connectivity index (χ3n) is 3.03. The molecule has 1 N–H and O–H groups in total. The summed E-state index contributed by atoms with van der Waals surface area (Å²) in [6.45, 7) is 5.87. The van der Waals surface area contributed by atoms with Gasteiger partial charge in [0, 0.05) is 18.3 Å². The molecule has 0 aliphatic heterocycles. The third-order valence-corrected chi connectivity index (χ3v) is 3.03. The average Bonchev–Trinajstić information content (AvgIpc) is 2.52. The predicted octanol–water partition coefficient (Wildman–Crippen LogP) is 3.59. The van der Waals surface area contributed by atoms with E-state index >= 15 is 0 Å². The zero-order valence-corrected chi connectivity index (χ0v) is 13.5. The molecule has 0 fully saturated rings. The lowest BCUT2D eigenvalue weighted by atomic mass is 10.1. The van der Waals surface area contributed by atoms with Crippen molar-refractivity contribution in [2.75, 3.05) is 0 Å². The molecule has 0 radical (unpaired) electrons. The van der Waals surface area contributed by atoms with Crippen molar-refractivity contribution >= 4 is 12.4 Å². The minimum Gasteiger partial charge on any atom is -0.444 e. The summed E-state index contributed by atoms with van der Waals surface area (Å²) in [5.41, 5.74) is 2.80. The highest BCUT2D eigenvalue weighted by Gasteiger charge is 2.15. The van der Waals surface area contributed by atoms with Gasteiger partial charge in [-0.3, -0.25) is 9.78 Å². The van der Waals surface area contributed by atoms with E-state index in [0.29, 0.717) is 12.2 Å². The average molecular weight is 312 g/mol. The smallest absolute Gasteiger partial charge is 0.407 e. The molecule has 0 saturated carbocycles. The van der Waals surface area contributed by atoms with Crippen LogP contribution in [0, 0.1) is 0 Å². The lowest BCUT2D eigenvalue weighted by molar-refractivity contribution is 0.0523. The van der Waals surface area contributed by atoms with Gasteiger partial charge in [-0.25, -0.2) is 4.79 Å². The van der Waals surface area contributed by atoms with E-state index in [1.54, 1.807) is 12.3 Å². The molecule has 5 heteroatoms. The van der Waals surface area contributed by atoms with E-state index in [9.17, 15) is 9.59 Å². The number of carbonyl (C=O) groups is 2. The van der Waals surface area contributed by atoms with E-state index in [-0.39, 0.29) is 0 Å². The summed E-state index contributed by atoms with van der Waals surface area (Å²) >= 11 is 0. The van der Waals surface area contributed by atoms with Crippen molar-refractivity contribution < 1.29 is 14.3 Å². The molecule has 2 rings (SSSR count). The van der Waals surface area contributed by atoms with Crippen LogP contribution in [0.1, 0.15) is 36.8 Å². The first kappa shape index (κ1) is 16.7. The molecule has 0 bridgehead atoms. The van der Waals surface area contributed by atoms with Crippen molar-refractivity contribution in [3.05, 3.63) is 53.9 Å². The number of nitrogens with one attached hydrogen (secondary N) is 1. The zero-order valence-electron chi connectivity index (χ0n) is 13.5. The van der Waals surface area contributed by atoms with Crippen LogP contribution in [0.2, 0.25) is 0 Å². The van der Waals surface area contributed by atoms with Crippen molar-refractivity contribution in [2.24, 2.45) is 0 Å². The first-order valence-electron chi connectivity index (χ1n) is 7.35. The summed E-state index contributed by atoms with van der Waals surface area (Å²) in [6, 6.07) is 11.3. The topological polar surface area (TPSA) is 68.3 Å². The highest BCUT2D eigenvalue weighted by Crippen LogP contribution is 2.19. The van der Waals surface area contributed by atoms with Gasteiger partial charge in [0.2, 0.25) is 0 Å². The number of carbonyl (C=O) groups excluding carboxylic acids is 2. The number of hydrogen-bond donors (Lipinski definition) is 1. The van der Waals surface area contributed by atoms with Crippen LogP contribution < -0.4 is 5.32 Å². The van der Waals surface area contributed by atoms with Crippen LogP contribution in [0.25, 0.3) is 11.1 Å². The lowest BCUT2D eigenvalue weighted by Gasteiger charge is -2.19. The number of hydrogen-bond acceptors (Lipinski definition) is 4. The molecular formula is C18H20N2O3. The first-order chi connectivity index (χ1) is 10.9. The van der Waals surface area contributed by atoms with Crippen LogP contribution in [0.3, 0.4) is 0 Å². The molecule has 23 heavy (non-hydrogen) atoms. The van der Waals surface area contributed by atoms with Gasteiger partial charge in [-0.2, -0.15) is 0 Å². The number of benzene rings is 1. The summed E-state index contributed by atoms with van der Waals surface area (Å²) in [5, 5.41) is 2.72. The minimum atomic E-state index is -0.505. The van der Waals surface area contributed by atoms with Crippen LogP contribution in [0.5, 0.6) is 0 Å². The molecule has 0 atom stereocenters. The monoisotopic (exact) mass is 312 g/mol. The molecule has 5 nitrogen and oxygen atoms in total. The standard InChI is InChI=1S/C18H20N2O3/c1-18(2,3)23-17(22)20-10-13-4-6-14(7-5-13)15-8-9-16(12-21)19-11-15/h4-9,11-12H,10H2,1-3H3,(H,20,22). The normalized spacial score (nSPS) is 10.9. The van der Waals surface area contributed by atoms with E-state index in [1.807, 2.05) is 51.1 Å². The molecule has 0 aliphatic carbocycles. The highest BCUT2D eigenvalue weighted by molar-refractivity contribution is 5.73. The summed E-state index contributed by atoms with van der Waals surface area (Å²) < 4.78 is 5.19. The van der Waals surface area contributed by atoms with Crippen LogP contribution in [0.4, 0.5) is 4.79 Å². The van der Waals surface area contributed by atoms with Gasteiger partial charge in [-0.15, -0.1) is 0 Å². The van der Waals surface area contributed by atoms with Crippen molar-refractivity contribution in [3.63, 3.8) is 0 Å². The molecule has 1 amide bonds. The predicted molar refractivity (Wildman–Crippen MR) is 88.1 cm³/mol.